The molecule has 5 aromatic rings. The van der Waals surface area contributed by atoms with E-state index in [0.29, 0.717) is 22.1 Å². The number of carbonyl (C=O) groups is 1. The van der Waals surface area contributed by atoms with Gasteiger partial charge in [-0.3, -0.25) is 4.79 Å². The molecule has 5 rings (SSSR count). The molecule has 0 bridgehead atoms. The van der Waals surface area contributed by atoms with Gasteiger partial charge in [-0.1, -0.05) is 41.7 Å². The van der Waals surface area contributed by atoms with Gasteiger partial charge in [0.2, 0.25) is 15.2 Å². The van der Waals surface area contributed by atoms with Crippen molar-refractivity contribution in [2.75, 3.05) is 26.3 Å². The van der Waals surface area contributed by atoms with Gasteiger partial charge in [0.25, 0.3) is 5.91 Å². The van der Waals surface area contributed by atoms with E-state index in [1.54, 1.807) is 38.6 Å². The van der Waals surface area contributed by atoms with Crippen LogP contribution in [0.15, 0.2) is 107 Å². The van der Waals surface area contributed by atoms with E-state index in [-0.39, 0.29) is 17.0 Å². The van der Waals surface area contributed by atoms with Crippen LogP contribution in [0.4, 0.5) is 5.13 Å². The number of hydrogen-bond acceptors (Lipinski definition) is 8. The van der Waals surface area contributed by atoms with Gasteiger partial charge in [0.05, 0.1) is 35.5 Å². The van der Waals surface area contributed by atoms with E-state index in [9.17, 15) is 13.2 Å². The minimum absolute atomic E-state index is 0.0813. The van der Waals surface area contributed by atoms with Crippen LogP contribution < -0.4 is 14.5 Å². The molecule has 0 fully saturated rings. The lowest BCUT2D eigenvalue weighted by atomic mass is 10.2. The number of sulfonamides is 1. The van der Waals surface area contributed by atoms with E-state index in [1.807, 2.05) is 54.6 Å². The molecule has 0 radical (unpaired) electrons. The average molecular weight is 601 g/mol. The number of thiazole rings is 1. The lowest BCUT2D eigenvalue weighted by molar-refractivity contribution is 0.0987. The minimum atomic E-state index is -3.78. The number of rotatable bonds is 10. The fourth-order valence-corrected chi connectivity index (χ4v) is 6.22. The van der Waals surface area contributed by atoms with Crippen LogP contribution in [0.25, 0.3) is 10.2 Å². The van der Waals surface area contributed by atoms with E-state index in [4.69, 9.17) is 9.47 Å². The fraction of sp³-hybridized carbons (Fsp3) is 0.129. The van der Waals surface area contributed by atoms with Crippen LogP contribution >= 0.6 is 11.3 Å². The van der Waals surface area contributed by atoms with Gasteiger partial charge in [0.1, 0.15) is 11.5 Å². The predicted molar refractivity (Wildman–Crippen MR) is 165 cm³/mol. The topological polar surface area (TPSA) is 101 Å². The zero-order chi connectivity index (χ0) is 29.7. The van der Waals surface area contributed by atoms with Crippen molar-refractivity contribution in [3.05, 3.63) is 114 Å². The summed E-state index contributed by atoms with van der Waals surface area (Å²) in [5.74, 6) is 0.906. The number of anilines is 1. The third kappa shape index (κ3) is 6.33. The highest BCUT2D eigenvalue weighted by atomic mass is 32.2. The maximum Gasteiger partial charge on any atom is 0.280 e. The minimum Gasteiger partial charge on any atom is -0.497 e. The Morgan fingerprint density at radius 3 is 2.24 bits per heavy atom. The van der Waals surface area contributed by atoms with Gasteiger partial charge >= 0.3 is 0 Å². The highest BCUT2D eigenvalue weighted by molar-refractivity contribution is 7.89. The third-order valence-corrected chi connectivity index (χ3v) is 9.26. The molecule has 0 spiro atoms. The van der Waals surface area contributed by atoms with Gasteiger partial charge in [-0.25, -0.2) is 13.4 Å². The first-order valence-corrected chi connectivity index (χ1v) is 15.1. The van der Waals surface area contributed by atoms with Crippen LogP contribution in [-0.2, 0) is 16.6 Å². The first-order valence-electron chi connectivity index (χ1n) is 12.9. The SMILES string of the molecule is COc1ccc(/C=N/N(C(=O)c2ccc(S(=O)(=O)N(C)Cc3ccccc3)cc2)c2nc3ccc(OC)cc3s2)cc1. The van der Waals surface area contributed by atoms with Gasteiger partial charge in [-0.15, -0.1) is 0 Å². The van der Waals surface area contributed by atoms with Crippen molar-refractivity contribution >= 4 is 48.8 Å². The molecule has 0 saturated carbocycles. The van der Waals surface area contributed by atoms with Crippen LogP contribution in [0.5, 0.6) is 11.5 Å². The van der Waals surface area contributed by atoms with Gasteiger partial charge in [-0.2, -0.15) is 14.4 Å². The second-order valence-corrected chi connectivity index (χ2v) is 12.3. The fourth-order valence-electron chi connectivity index (χ4n) is 4.11. The smallest absolute Gasteiger partial charge is 0.280 e. The maximum atomic E-state index is 13.8. The summed E-state index contributed by atoms with van der Waals surface area (Å²) in [4.78, 5) is 18.5. The van der Waals surface area contributed by atoms with Crippen molar-refractivity contribution < 1.29 is 22.7 Å². The lowest BCUT2D eigenvalue weighted by Gasteiger charge is -2.18. The quantitative estimate of drug-likeness (QED) is 0.148. The Balaban J connectivity index is 1.44. The summed E-state index contributed by atoms with van der Waals surface area (Å²) in [5.41, 5.74) is 2.56. The van der Waals surface area contributed by atoms with Crippen molar-refractivity contribution in [1.29, 1.82) is 0 Å². The number of benzene rings is 4. The number of amides is 1. The molecular weight excluding hydrogens is 572 g/mol. The number of aromatic nitrogens is 1. The molecule has 4 aromatic carbocycles. The van der Waals surface area contributed by atoms with Gasteiger partial charge in [0.15, 0.2) is 0 Å². The van der Waals surface area contributed by atoms with E-state index >= 15 is 0 Å². The summed E-state index contributed by atoms with van der Waals surface area (Å²) in [6.45, 7) is 0.222. The molecule has 1 aromatic heterocycles. The maximum absolute atomic E-state index is 13.8. The zero-order valence-corrected chi connectivity index (χ0v) is 24.8. The van der Waals surface area contributed by atoms with Crippen molar-refractivity contribution in [2.24, 2.45) is 5.10 Å². The number of hydrazone groups is 1. The van der Waals surface area contributed by atoms with Gasteiger partial charge in [-0.05, 0) is 77.9 Å². The molecule has 0 N–H and O–H groups in total. The summed E-state index contributed by atoms with van der Waals surface area (Å²) in [5, 5.41) is 6.06. The number of ether oxygens (including phenoxy) is 2. The molecule has 0 aliphatic rings. The summed E-state index contributed by atoms with van der Waals surface area (Å²) < 4.78 is 39.1. The Bertz CT molecular complexity index is 1820. The molecule has 0 aliphatic heterocycles. The molecule has 214 valence electrons. The highest BCUT2D eigenvalue weighted by Gasteiger charge is 2.24. The highest BCUT2D eigenvalue weighted by Crippen LogP contribution is 2.32. The Kier molecular flexibility index (Phi) is 8.62. The molecule has 42 heavy (non-hydrogen) atoms. The van der Waals surface area contributed by atoms with Crippen LogP contribution in [0.2, 0.25) is 0 Å². The van der Waals surface area contributed by atoms with Crippen LogP contribution in [-0.4, -0.2) is 51.1 Å². The molecule has 0 aliphatic carbocycles. The summed E-state index contributed by atoms with van der Waals surface area (Å²) in [6, 6.07) is 27.9. The van der Waals surface area contributed by atoms with Crippen LogP contribution in [0.1, 0.15) is 21.5 Å². The summed E-state index contributed by atoms with van der Waals surface area (Å²) in [7, 11) is 0.917. The molecule has 11 heteroatoms. The van der Waals surface area contributed by atoms with Crippen LogP contribution in [0, 0.1) is 0 Å². The Morgan fingerprint density at radius 2 is 1.57 bits per heavy atom. The number of carbonyl (C=O) groups excluding carboxylic acids is 1. The largest absolute Gasteiger partial charge is 0.497 e. The van der Waals surface area contributed by atoms with Gasteiger partial charge < -0.3 is 9.47 Å². The van der Waals surface area contributed by atoms with Gasteiger partial charge in [0, 0.05) is 19.2 Å². The van der Waals surface area contributed by atoms with Crippen molar-refractivity contribution in [3.63, 3.8) is 0 Å². The second kappa shape index (κ2) is 12.5. The number of hydrogen-bond donors (Lipinski definition) is 0. The molecule has 0 saturated heterocycles. The standard InChI is InChI=1S/C31H28N4O5S2/c1-34(21-23-7-5-4-6-8-23)42(37,38)27-16-11-24(12-17-27)30(36)35(32-20-22-9-13-25(39-2)14-10-22)31-33-28-18-15-26(40-3)19-29(28)41-31/h4-20H,21H2,1-3H3/b32-20+. The normalized spacial score (nSPS) is 11.7. The predicted octanol–water partition coefficient (Wildman–Crippen LogP) is 5.82. The molecule has 1 heterocycles. The van der Waals surface area contributed by atoms with E-state index in [1.165, 1.54) is 52.0 Å². The van der Waals surface area contributed by atoms with E-state index in [2.05, 4.69) is 10.1 Å². The Labute approximate surface area is 248 Å². The van der Waals surface area contributed by atoms with Crippen molar-refractivity contribution in [2.45, 2.75) is 11.4 Å². The van der Waals surface area contributed by atoms with E-state index in [0.717, 1.165) is 15.8 Å². The van der Waals surface area contributed by atoms with E-state index < -0.39 is 15.9 Å². The molecule has 1 amide bonds. The molecule has 9 nitrogen and oxygen atoms in total. The zero-order valence-electron chi connectivity index (χ0n) is 23.2. The number of fused-ring (bicyclic) bond motifs is 1. The second-order valence-electron chi connectivity index (χ2n) is 9.24. The first kappa shape index (κ1) is 28.9. The lowest BCUT2D eigenvalue weighted by Crippen LogP contribution is -2.27. The molecule has 0 unspecified atom stereocenters. The molecular formula is C31H28N4O5S2. The van der Waals surface area contributed by atoms with Crippen molar-refractivity contribution in [3.8, 4) is 11.5 Å². The third-order valence-electron chi connectivity index (χ3n) is 6.45. The monoisotopic (exact) mass is 600 g/mol. The number of nitrogens with zero attached hydrogens (tertiary/aromatic N) is 4. The van der Waals surface area contributed by atoms with Crippen molar-refractivity contribution in [1.82, 2.24) is 9.29 Å². The Hall–Kier alpha value is -4.58. The Morgan fingerprint density at radius 1 is 0.905 bits per heavy atom. The molecule has 0 atom stereocenters. The summed E-state index contributed by atoms with van der Waals surface area (Å²) in [6.07, 6.45) is 1.56. The number of methoxy groups -OCH3 is 2. The summed E-state index contributed by atoms with van der Waals surface area (Å²) >= 11 is 1.29. The van der Waals surface area contributed by atoms with Crippen LogP contribution in [0.3, 0.4) is 0 Å². The average Bonchev–Trinajstić information content (AvgIpc) is 3.45. The first-order chi connectivity index (χ1) is 20.3.